The Morgan fingerprint density at radius 2 is 2.06 bits per heavy atom. The highest BCUT2D eigenvalue weighted by Gasteiger charge is 2.21. The largest absolute Gasteiger partial charge is 0.316 e. The number of pyridine rings is 1. The maximum absolute atomic E-state index is 4.91. The zero-order valence-corrected chi connectivity index (χ0v) is 21.7. The van der Waals surface area contributed by atoms with Crippen LogP contribution in [0.1, 0.15) is 45.5 Å². The average Bonchev–Trinajstić information content (AvgIpc) is 3.57. The van der Waals surface area contributed by atoms with Gasteiger partial charge in [0.05, 0.1) is 22.8 Å². The summed E-state index contributed by atoms with van der Waals surface area (Å²) in [5.41, 5.74) is 4.68. The average molecular weight is 486 g/mol. The van der Waals surface area contributed by atoms with Crippen molar-refractivity contribution in [2.75, 3.05) is 5.32 Å². The molecule has 0 fully saturated rings. The predicted molar refractivity (Wildman–Crippen MR) is 145 cm³/mol. The van der Waals surface area contributed by atoms with E-state index in [1.54, 1.807) is 23.7 Å². The minimum Gasteiger partial charge on any atom is -0.316 e. The molecule has 4 aromatic heterocycles. The molecule has 0 unspecified atom stereocenters. The molecule has 0 bridgehead atoms. The van der Waals surface area contributed by atoms with Gasteiger partial charge in [0.1, 0.15) is 18.0 Å². The molecule has 0 amide bonds. The second kappa shape index (κ2) is 10.2. The summed E-state index contributed by atoms with van der Waals surface area (Å²) in [5.74, 6) is 1.69. The summed E-state index contributed by atoms with van der Waals surface area (Å²) >= 11 is 1.55. The van der Waals surface area contributed by atoms with E-state index in [-0.39, 0.29) is 5.41 Å². The Labute approximate surface area is 210 Å². The fraction of sp³-hybridized carbons (Fsp3) is 0.259. The van der Waals surface area contributed by atoms with Crippen LogP contribution in [0, 0.1) is 6.92 Å². The lowest BCUT2D eigenvalue weighted by Gasteiger charge is -2.14. The van der Waals surface area contributed by atoms with Crippen molar-refractivity contribution in [1.82, 2.24) is 29.3 Å². The maximum atomic E-state index is 4.91. The minimum atomic E-state index is -0.0869. The fourth-order valence-corrected chi connectivity index (χ4v) is 4.17. The van der Waals surface area contributed by atoms with E-state index in [1.807, 2.05) is 58.2 Å². The molecular formula is C27H31N7S. The molecule has 1 N–H and O–H groups in total. The number of aryl methyl sites for hydroxylation is 1. The quantitative estimate of drug-likeness (QED) is 0.274. The number of thiazole rings is 1. The van der Waals surface area contributed by atoms with E-state index in [2.05, 4.69) is 61.7 Å². The predicted octanol–water partition coefficient (Wildman–Crippen LogP) is 6.93. The molecule has 7 nitrogen and oxygen atoms in total. The first-order valence-electron chi connectivity index (χ1n) is 11.6. The van der Waals surface area contributed by atoms with Crippen molar-refractivity contribution in [3.8, 4) is 17.1 Å². The smallest absolute Gasteiger partial charge is 0.188 e. The number of nitrogens with one attached hydrogen (secondary N) is 1. The third-order valence-electron chi connectivity index (χ3n) is 5.30. The van der Waals surface area contributed by atoms with Crippen molar-refractivity contribution >= 4 is 28.0 Å². The molecule has 8 heteroatoms. The van der Waals surface area contributed by atoms with Crippen LogP contribution in [0.25, 0.3) is 22.8 Å². The summed E-state index contributed by atoms with van der Waals surface area (Å²) in [6.45, 7) is 14.4. The lowest BCUT2D eigenvalue weighted by Crippen LogP contribution is -2.12. The molecule has 0 saturated heterocycles. The van der Waals surface area contributed by atoms with Crippen LogP contribution in [0.4, 0.5) is 10.9 Å². The van der Waals surface area contributed by atoms with E-state index >= 15 is 0 Å². The number of rotatable bonds is 8. The van der Waals surface area contributed by atoms with Crippen molar-refractivity contribution < 1.29 is 0 Å². The van der Waals surface area contributed by atoms with Gasteiger partial charge in [0, 0.05) is 34.8 Å². The van der Waals surface area contributed by atoms with Crippen LogP contribution in [-0.4, -0.2) is 29.3 Å². The third-order valence-corrected chi connectivity index (χ3v) is 6.06. The first kappa shape index (κ1) is 24.3. The van der Waals surface area contributed by atoms with Crippen molar-refractivity contribution in [3.05, 3.63) is 84.6 Å². The lowest BCUT2D eigenvalue weighted by molar-refractivity contribution is 0.561. The van der Waals surface area contributed by atoms with Gasteiger partial charge in [-0.3, -0.25) is 4.57 Å². The van der Waals surface area contributed by atoms with Gasteiger partial charge in [0.25, 0.3) is 0 Å². The lowest BCUT2D eigenvalue weighted by atomic mass is 9.92. The van der Waals surface area contributed by atoms with Gasteiger partial charge >= 0.3 is 0 Å². The van der Waals surface area contributed by atoms with Crippen LogP contribution in [0.3, 0.4) is 0 Å². The van der Waals surface area contributed by atoms with E-state index in [4.69, 9.17) is 10.1 Å². The zero-order valence-electron chi connectivity index (χ0n) is 20.9. The van der Waals surface area contributed by atoms with Gasteiger partial charge in [-0.05, 0) is 31.6 Å². The number of aromatic nitrogens is 6. The summed E-state index contributed by atoms with van der Waals surface area (Å²) < 4.78 is 3.85. The molecule has 4 rings (SSSR count). The maximum Gasteiger partial charge on any atom is 0.188 e. The molecule has 35 heavy (non-hydrogen) atoms. The van der Waals surface area contributed by atoms with Gasteiger partial charge in [-0.1, -0.05) is 52.5 Å². The summed E-state index contributed by atoms with van der Waals surface area (Å²) in [6, 6.07) is 6.09. The van der Waals surface area contributed by atoms with Gasteiger partial charge in [-0.15, -0.1) is 11.3 Å². The second-order valence-corrected chi connectivity index (χ2v) is 10.1. The monoisotopic (exact) mass is 485 g/mol. The van der Waals surface area contributed by atoms with Gasteiger partial charge in [-0.2, -0.15) is 5.10 Å². The Morgan fingerprint density at radius 3 is 2.69 bits per heavy atom. The highest BCUT2D eigenvalue weighted by Crippen LogP contribution is 2.31. The Morgan fingerprint density at radius 1 is 1.23 bits per heavy atom. The van der Waals surface area contributed by atoms with Crippen molar-refractivity contribution in [3.63, 3.8) is 0 Å². The molecule has 4 heterocycles. The van der Waals surface area contributed by atoms with Crippen molar-refractivity contribution in [2.45, 2.75) is 46.5 Å². The van der Waals surface area contributed by atoms with Crippen LogP contribution in [0.2, 0.25) is 0 Å². The third kappa shape index (κ3) is 5.66. The molecule has 0 aliphatic rings. The number of allylic oxidation sites excluding steroid dienone is 5. The number of nitrogens with zero attached hydrogens (tertiary/aromatic N) is 6. The first-order valence-corrected chi connectivity index (χ1v) is 12.5. The van der Waals surface area contributed by atoms with Gasteiger partial charge in [0.2, 0.25) is 0 Å². The van der Waals surface area contributed by atoms with E-state index in [0.29, 0.717) is 0 Å². The Bertz CT molecular complexity index is 1360. The Kier molecular flexibility index (Phi) is 7.12. The van der Waals surface area contributed by atoms with E-state index in [1.165, 1.54) is 0 Å². The number of hydrogen-bond acceptors (Lipinski definition) is 6. The Hall–Kier alpha value is -3.78. The molecule has 0 aliphatic carbocycles. The molecule has 0 aromatic carbocycles. The second-order valence-electron chi connectivity index (χ2n) is 9.20. The summed E-state index contributed by atoms with van der Waals surface area (Å²) in [4.78, 5) is 13.7. The summed E-state index contributed by atoms with van der Waals surface area (Å²) in [5, 5.41) is 11.2. The van der Waals surface area contributed by atoms with Crippen LogP contribution < -0.4 is 5.32 Å². The molecule has 4 aromatic rings. The molecule has 0 saturated carbocycles. The molecule has 0 atom stereocenters. The van der Waals surface area contributed by atoms with E-state index in [0.717, 1.165) is 51.5 Å². The number of imidazole rings is 1. The zero-order chi connectivity index (χ0) is 25.0. The standard InChI is InChI=1S/C27H31N7S/c1-7-9-11-21(10-8-2)34-25(14-23(32-34)27(4,5)6)31-26-30-22(17-35-26)20-12-13-24(28-15-20)33-16-19(3)29-18-33/h7,9-18H,1,8H2,2-6H3,(H,30,31)/b11-9-,21-10+. The molecule has 180 valence electrons. The molecule has 0 aliphatic heterocycles. The van der Waals surface area contributed by atoms with Crippen LogP contribution >= 0.6 is 11.3 Å². The summed E-state index contributed by atoms with van der Waals surface area (Å²) in [7, 11) is 0. The van der Waals surface area contributed by atoms with Gasteiger partial charge in [0.15, 0.2) is 5.13 Å². The highest BCUT2D eigenvalue weighted by molar-refractivity contribution is 7.14. The van der Waals surface area contributed by atoms with Crippen LogP contribution in [0.15, 0.2) is 73.2 Å². The minimum absolute atomic E-state index is 0.0869. The SMILES string of the molecule is C=C/C=C\C(=C/CC)n1nc(C(C)(C)C)cc1Nc1nc(-c2ccc(-n3cnc(C)c3)nc2)cs1. The fourth-order valence-electron chi connectivity index (χ4n) is 3.44. The topological polar surface area (TPSA) is 73.5 Å². The van der Waals surface area contributed by atoms with Gasteiger partial charge in [-0.25, -0.2) is 19.6 Å². The normalized spacial score (nSPS) is 12.4. The highest BCUT2D eigenvalue weighted by atomic mass is 32.1. The Balaban J connectivity index is 1.62. The van der Waals surface area contributed by atoms with Crippen LogP contribution in [0.5, 0.6) is 0 Å². The first-order chi connectivity index (χ1) is 16.8. The van der Waals surface area contributed by atoms with Crippen molar-refractivity contribution in [2.24, 2.45) is 0 Å². The summed E-state index contributed by atoms with van der Waals surface area (Å²) in [6.07, 6.45) is 14.3. The number of anilines is 2. The van der Waals surface area contributed by atoms with E-state index in [9.17, 15) is 0 Å². The van der Waals surface area contributed by atoms with Gasteiger partial charge < -0.3 is 5.32 Å². The molecular weight excluding hydrogens is 454 g/mol. The molecule has 0 radical (unpaired) electrons. The van der Waals surface area contributed by atoms with Crippen molar-refractivity contribution in [1.29, 1.82) is 0 Å². The molecule has 0 spiro atoms. The van der Waals surface area contributed by atoms with E-state index < -0.39 is 0 Å². The number of hydrogen-bond donors (Lipinski definition) is 1. The van der Waals surface area contributed by atoms with Crippen LogP contribution in [-0.2, 0) is 5.41 Å².